The van der Waals surface area contributed by atoms with Gasteiger partial charge in [0.2, 0.25) is 11.8 Å². The summed E-state index contributed by atoms with van der Waals surface area (Å²) in [5.74, 6) is -1.19. The van der Waals surface area contributed by atoms with Crippen LogP contribution in [0.2, 0.25) is 0 Å². The van der Waals surface area contributed by atoms with Crippen molar-refractivity contribution in [3.05, 3.63) is 35.5 Å². The Bertz CT molecular complexity index is 1060. The normalized spacial score (nSPS) is 23.1. The molecule has 1 aromatic carbocycles. The van der Waals surface area contributed by atoms with Crippen LogP contribution in [-0.4, -0.2) is 46.6 Å². The Hall–Kier alpha value is -3.02. The van der Waals surface area contributed by atoms with E-state index >= 15 is 0 Å². The molecule has 2 heterocycles. The summed E-state index contributed by atoms with van der Waals surface area (Å²) in [4.78, 5) is 26.1. The van der Waals surface area contributed by atoms with Gasteiger partial charge in [-0.05, 0) is 37.7 Å². The van der Waals surface area contributed by atoms with E-state index in [0.29, 0.717) is 5.56 Å². The van der Waals surface area contributed by atoms with Gasteiger partial charge in [-0.25, -0.2) is 0 Å². The van der Waals surface area contributed by atoms with Crippen LogP contribution >= 0.6 is 0 Å². The minimum Gasteiger partial charge on any atom is -0.351 e. The maximum Gasteiger partial charge on any atom is 0.397 e. The molecule has 1 aliphatic carbocycles. The molecule has 0 spiro atoms. The number of carbonyl (C=O) groups is 2. The van der Waals surface area contributed by atoms with Crippen LogP contribution in [0.5, 0.6) is 0 Å². The summed E-state index contributed by atoms with van der Waals surface area (Å²) in [5.41, 5.74) is 2.07. The van der Waals surface area contributed by atoms with Crippen molar-refractivity contribution in [2.45, 2.75) is 44.9 Å². The van der Waals surface area contributed by atoms with Crippen LogP contribution in [-0.2, 0) is 16.1 Å². The number of hydrogen-bond donors (Lipinski definition) is 1. The second-order valence-electron chi connectivity index (χ2n) is 8.46. The molecule has 1 N–H and O–H groups in total. The molecule has 3 atom stereocenters. The minimum atomic E-state index is -4.51. The number of amides is 2. The number of nitrogens with one attached hydrogen (secondary N) is 1. The van der Waals surface area contributed by atoms with Crippen LogP contribution in [0.4, 0.5) is 13.2 Å². The van der Waals surface area contributed by atoms with Crippen LogP contribution in [0.3, 0.4) is 0 Å². The second-order valence-corrected chi connectivity index (χ2v) is 8.46. The zero-order valence-corrected chi connectivity index (χ0v) is 17.1. The first-order valence-electron chi connectivity index (χ1n) is 10.3. The highest BCUT2D eigenvalue weighted by atomic mass is 19.4. The topological polar surface area (TPSA) is 78.1 Å². The van der Waals surface area contributed by atoms with E-state index in [1.54, 1.807) is 6.92 Å². The van der Waals surface area contributed by atoms with Crippen LogP contribution in [0.1, 0.15) is 30.5 Å². The summed E-state index contributed by atoms with van der Waals surface area (Å²) in [6.45, 7) is 2.34. The van der Waals surface area contributed by atoms with Crippen LogP contribution < -0.4 is 5.32 Å². The number of carbonyl (C=O) groups excluding carboxylic acids is 2. The third kappa shape index (κ3) is 4.11. The summed E-state index contributed by atoms with van der Waals surface area (Å²) in [6.07, 6.45) is -4.41. The first-order valence-corrected chi connectivity index (χ1v) is 10.3. The van der Waals surface area contributed by atoms with Crippen molar-refractivity contribution < 1.29 is 22.8 Å². The Labute approximate surface area is 177 Å². The van der Waals surface area contributed by atoms with Gasteiger partial charge >= 0.3 is 6.18 Å². The van der Waals surface area contributed by atoms with Crippen LogP contribution in [0.15, 0.2) is 24.3 Å². The molecule has 31 heavy (non-hydrogen) atoms. The van der Waals surface area contributed by atoms with E-state index in [1.165, 1.54) is 4.90 Å². The number of piperidine rings is 1. The standard InChI is InChI=1S/C22H23F3N4O2/c1-13-17(9-26)16-4-2-3-5-18(16)29(13)12-19(30)27-21-14-6-7-15(21)11-28(10-14)20(31)8-22(23,24)25/h2-5,14-15,21H,6-8,10-12H2,1H3,(H,27,30)/t14-,15+,21?. The van der Waals surface area contributed by atoms with Crippen LogP contribution in [0.25, 0.3) is 10.9 Å². The lowest BCUT2D eigenvalue weighted by atomic mass is 9.91. The molecule has 1 unspecified atom stereocenters. The average molecular weight is 432 g/mol. The summed E-state index contributed by atoms with van der Waals surface area (Å²) >= 11 is 0. The van der Waals surface area contributed by atoms with Crippen molar-refractivity contribution in [3.8, 4) is 6.07 Å². The minimum absolute atomic E-state index is 0.0444. The van der Waals surface area contributed by atoms with Crippen molar-refractivity contribution in [3.63, 3.8) is 0 Å². The summed E-state index contributed by atoms with van der Waals surface area (Å²) < 4.78 is 39.5. The number of benzene rings is 1. The number of likely N-dealkylation sites (tertiary alicyclic amines) is 1. The predicted molar refractivity (Wildman–Crippen MR) is 107 cm³/mol. The van der Waals surface area contributed by atoms with Gasteiger partial charge < -0.3 is 14.8 Å². The van der Waals surface area contributed by atoms with Gasteiger partial charge in [-0.1, -0.05) is 18.2 Å². The molecule has 1 saturated heterocycles. The molecule has 2 aliphatic rings. The third-order valence-electron chi connectivity index (χ3n) is 6.51. The molecule has 2 bridgehead atoms. The van der Waals surface area contributed by atoms with Gasteiger partial charge in [-0.15, -0.1) is 0 Å². The average Bonchev–Trinajstić information content (AvgIpc) is 3.08. The van der Waals surface area contributed by atoms with Crippen molar-refractivity contribution >= 4 is 22.7 Å². The predicted octanol–water partition coefficient (Wildman–Crippen LogP) is 3.13. The van der Waals surface area contributed by atoms with Gasteiger partial charge in [0.25, 0.3) is 0 Å². The Balaban J connectivity index is 1.44. The first kappa shape index (κ1) is 21.2. The van der Waals surface area contributed by atoms with E-state index in [1.807, 2.05) is 28.8 Å². The molecule has 9 heteroatoms. The molecule has 6 nitrogen and oxygen atoms in total. The highest BCUT2D eigenvalue weighted by Crippen LogP contribution is 2.38. The van der Waals surface area contributed by atoms with Gasteiger partial charge in [0.05, 0.1) is 11.1 Å². The molecule has 1 aromatic heterocycles. The molecule has 2 amide bonds. The number of rotatable bonds is 4. The Morgan fingerprint density at radius 2 is 1.84 bits per heavy atom. The Morgan fingerprint density at radius 3 is 2.45 bits per heavy atom. The highest BCUT2D eigenvalue weighted by Gasteiger charge is 2.45. The van der Waals surface area contributed by atoms with Crippen molar-refractivity contribution in [1.82, 2.24) is 14.8 Å². The van der Waals surface area contributed by atoms with E-state index in [2.05, 4.69) is 11.4 Å². The molecule has 2 aromatic rings. The van der Waals surface area contributed by atoms with Crippen molar-refractivity contribution in [2.75, 3.05) is 13.1 Å². The van der Waals surface area contributed by atoms with Gasteiger partial charge in [-0.2, -0.15) is 18.4 Å². The zero-order valence-electron chi connectivity index (χ0n) is 17.1. The molecule has 0 radical (unpaired) electrons. The number of nitriles is 1. The quantitative estimate of drug-likeness (QED) is 0.807. The maximum absolute atomic E-state index is 12.9. The van der Waals surface area contributed by atoms with E-state index < -0.39 is 18.5 Å². The molecular weight excluding hydrogens is 409 g/mol. The van der Waals surface area contributed by atoms with E-state index in [0.717, 1.165) is 29.4 Å². The highest BCUT2D eigenvalue weighted by molar-refractivity contribution is 5.89. The Morgan fingerprint density at radius 1 is 1.19 bits per heavy atom. The summed E-state index contributed by atoms with van der Waals surface area (Å²) in [6, 6.07) is 9.46. The number of hydrogen-bond acceptors (Lipinski definition) is 3. The second kappa shape index (κ2) is 7.91. The smallest absolute Gasteiger partial charge is 0.351 e. The fraction of sp³-hybridized carbons (Fsp3) is 0.500. The van der Waals surface area contributed by atoms with Gasteiger partial charge in [-0.3, -0.25) is 9.59 Å². The van der Waals surface area contributed by atoms with E-state index in [-0.39, 0.29) is 43.4 Å². The zero-order chi connectivity index (χ0) is 22.3. The Kier molecular flexibility index (Phi) is 5.42. The van der Waals surface area contributed by atoms with Gasteiger partial charge in [0, 0.05) is 30.2 Å². The fourth-order valence-corrected chi connectivity index (χ4v) is 5.10. The number of fused-ring (bicyclic) bond motifs is 3. The summed E-state index contributed by atoms with van der Waals surface area (Å²) in [7, 11) is 0. The van der Waals surface area contributed by atoms with E-state index in [4.69, 9.17) is 0 Å². The first-order chi connectivity index (χ1) is 14.7. The lowest BCUT2D eigenvalue weighted by molar-refractivity contribution is -0.163. The number of nitrogens with zero attached hydrogens (tertiary/aromatic N) is 3. The monoisotopic (exact) mass is 432 g/mol. The third-order valence-corrected chi connectivity index (χ3v) is 6.51. The molecule has 1 saturated carbocycles. The summed E-state index contributed by atoms with van der Waals surface area (Å²) in [5, 5.41) is 13.3. The fourth-order valence-electron chi connectivity index (χ4n) is 5.10. The molecule has 4 rings (SSSR count). The number of aromatic nitrogens is 1. The molecule has 164 valence electrons. The van der Waals surface area contributed by atoms with Gasteiger partial charge in [0.1, 0.15) is 19.0 Å². The van der Waals surface area contributed by atoms with Crippen LogP contribution in [0, 0.1) is 30.1 Å². The van der Waals surface area contributed by atoms with Crippen molar-refractivity contribution in [2.24, 2.45) is 11.8 Å². The molecule has 1 aliphatic heterocycles. The number of para-hydroxylation sites is 1. The largest absolute Gasteiger partial charge is 0.397 e. The van der Waals surface area contributed by atoms with Gasteiger partial charge in [0.15, 0.2) is 0 Å². The number of halogens is 3. The van der Waals surface area contributed by atoms with Crippen molar-refractivity contribution in [1.29, 1.82) is 5.26 Å². The number of alkyl halides is 3. The van der Waals surface area contributed by atoms with E-state index in [9.17, 15) is 28.0 Å². The molecular formula is C22H23F3N4O2. The lowest BCUT2D eigenvalue weighted by Crippen LogP contribution is -2.54. The maximum atomic E-state index is 12.9. The molecule has 2 fully saturated rings. The lowest BCUT2D eigenvalue weighted by Gasteiger charge is -2.38. The SMILES string of the molecule is Cc1c(C#N)c2ccccc2n1CC(=O)NC1[C@@H]2CC[C@H]1CN(C(=O)CC(F)(F)F)C2.